The lowest BCUT2D eigenvalue weighted by Crippen LogP contribution is -2.40. The number of halogens is 1. The van der Waals surface area contributed by atoms with Crippen LogP contribution in [0.4, 0.5) is 0 Å². The van der Waals surface area contributed by atoms with Gasteiger partial charge in [-0.05, 0) is 49.9 Å². The Kier molecular flexibility index (Phi) is 7.01. The molecule has 1 aromatic rings. The first-order valence-electron chi connectivity index (χ1n) is 7.31. The number of rotatable bonds is 5. The zero-order valence-corrected chi connectivity index (χ0v) is 14.9. The molecule has 1 aliphatic carbocycles. The first-order valence-corrected chi connectivity index (χ1v) is 8.79. The van der Waals surface area contributed by atoms with E-state index in [0.717, 1.165) is 19.3 Å². The normalized spacial score (nSPS) is 20.8. The minimum atomic E-state index is -3.69. The molecule has 2 rings (SSSR count). The molecule has 1 saturated carbocycles. The second kappa shape index (κ2) is 8.10. The van der Waals surface area contributed by atoms with Crippen molar-refractivity contribution < 1.29 is 17.9 Å². The zero-order valence-electron chi connectivity index (χ0n) is 13.2. The number of nitrogens with two attached hydrogens (primary N) is 1. The number of methoxy groups -OCH3 is 1. The molecular weight excluding hydrogens is 340 g/mol. The summed E-state index contributed by atoms with van der Waals surface area (Å²) in [6, 6.07) is 4.45. The number of sulfonamides is 1. The Bertz CT molecular complexity index is 663. The van der Waals surface area contributed by atoms with E-state index >= 15 is 0 Å². The van der Waals surface area contributed by atoms with E-state index in [4.69, 9.17) is 5.73 Å². The first-order chi connectivity index (χ1) is 10.4. The highest BCUT2D eigenvalue weighted by Gasteiger charge is 2.31. The highest BCUT2D eigenvalue weighted by molar-refractivity contribution is 7.89. The third-order valence-corrected chi connectivity index (χ3v) is 5.88. The molecular formula is C15H23ClN2O4S. The van der Waals surface area contributed by atoms with Crippen LogP contribution in [0.5, 0.6) is 0 Å². The van der Waals surface area contributed by atoms with Gasteiger partial charge in [-0.3, -0.25) is 0 Å². The average molecular weight is 363 g/mol. The van der Waals surface area contributed by atoms with E-state index in [9.17, 15) is 13.2 Å². The lowest BCUT2D eigenvalue weighted by molar-refractivity contribution is 0.0599. The number of nitrogens with one attached hydrogen (secondary N) is 1. The SMILES string of the molecule is COC(=O)c1cccc(S(=O)(=O)NC2CCCC2CN)c1C.Cl. The lowest BCUT2D eigenvalue weighted by Gasteiger charge is -2.20. The van der Waals surface area contributed by atoms with Crippen molar-refractivity contribution in [2.45, 2.75) is 37.1 Å². The third-order valence-electron chi connectivity index (χ3n) is 4.25. The van der Waals surface area contributed by atoms with Gasteiger partial charge in [-0.1, -0.05) is 12.5 Å². The standard InChI is InChI=1S/C15H22N2O4S.ClH/c1-10-12(15(18)21-2)6-4-8-14(10)22(19,20)17-13-7-3-5-11(13)9-16;/h4,6,8,11,13,17H,3,5,7,9,16H2,1-2H3;1H. The second-order valence-corrected chi connectivity index (χ2v) is 7.26. The Hall–Kier alpha value is -1.15. The van der Waals surface area contributed by atoms with Crippen molar-refractivity contribution in [3.63, 3.8) is 0 Å². The number of benzene rings is 1. The molecule has 8 heteroatoms. The molecule has 130 valence electrons. The third kappa shape index (κ3) is 4.23. The molecule has 0 heterocycles. The van der Waals surface area contributed by atoms with E-state index < -0.39 is 16.0 Å². The molecule has 0 saturated heterocycles. The predicted octanol–water partition coefficient (Wildman–Crippen LogP) is 1.61. The second-order valence-electron chi connectivity index (χ2n) is 5.57. The van der Waals surface area contributed by atoms with Crippen molar-refractivity contribution in [3.05, 3.63) is 29.3 Å². The highest BCUT2D eigenvalue weighted by atomic mass is 35.5. The van der Waals surface area contributed by atoms with Crippen LogP contribution in [0.15, 0.2) is 23.1 Å². The van der Waals surface area contributed by atoms with Gasteiger partial charge in [-0.25, -0.2) is 17.9 Å². The summed E-state index contributed by atoms with van der Waals surface area (Å²) in [7, 11) is -2.43. The van der Waals surface area contributed by atoms with Gasteiger partial charge >= 0.3 is 5.97 Å². The van der Waals surface area contributed by atoms with Crippen LogP contribution < -0.4 is 10.5 Å². The Morgan fingerprint density at radius 2 is 2.09 bits per heavy atom. The van der Waals surface area contributed by atoms with Crippen LogP contribution in [0, 0.1) is 12.8 Å². The molecule has 1 aromatic carbocycles. The smallest absolute Gasteiger partial charge is 0.338 e. The van der Waals surface area contributed by atoms with E-state index in [1.165, 1.54) is 13.2 Å². The molecule has 0 amide bonds. The maximum absolute atomic E-state index is 12.6. The molecule has 23 heavy (non-hydrogen) atoms. The Morgan fingerprint density at radius 3 is 2.70 bits per heavy atom. The van der Waals surface area contributed by atoms with Gasteiger partial charge < -0.3 is 10.5 Å². The molecule has 0 bridgehead atoms. The summed E-state index contributed by atoms with van der Waals surface area (Å²) in [5.41, 5.74) is 6.35. The monoisotopic (exact) mass is 362 g/mol. The van der Waals surface area contributed by atoms with Crippen LogP contribution >= 0.6 is 12.4 Å². The number of carbonyl (C=O) groups is 1. The fourth-order valence-electron chi connectivity index (χ4n) is 2.97. The summed E-state index contributed by atoms with van der Waals surface area (Å²) < 4.78 is 32.7. The van der Waals surface area contributed by atoms with Crippen molar-refractivity contribution in [1.82, 2.24) is 4.72 Å². The highest BCUT2D eigenvalue weighted by Crippen LogP contribution is 2.27. The Labute approximate surface area is 143 Å². The molecule has 3 N–H and O–H groups in total. The van der Waals surface area contributed by atoms with Gasteiger partial charge in [0, 0.05) is 6.04 Å². The van der Waals surface area contributed by atoms with Crippen LogP contribution in [0.25, 0.3) is 0 Å². The molecule has 1 fully saturated rings. The summed E-state index contributed by atoms with van der Waals surface area (Å²) in [6.07, 6.45) is 2.69. The number of hydrogen-bond donors (Lipinski definition) is 2. The van der Waals surface area contributed by atoms with Gasteiger partial charge in [0.15, 0.2) is 0 Å². The summed E-state index contributed by atoms with van der Waals surface area (Å²) in [5.74, 6) is -0.380. The van der Waals surface area contributed by atoms with Gasteiger partial charge in [0.25, 0.3) is 0 Å². The van der Waals surface area contributed by atoms with Crippen LogP contribution in [-0.2, 0) is 14.8 Å². The van der Waals surface area contributed by atoms with Crippen LogP contribution in [-0.4, -0.2) is 34.1 Å². The largest absolute Gasteiger partial charge is 0.465 e. The van der Waals surface area contributed by atoms with Gasteiger partial charge in [0.1, 0.15) is 0 Å². The fraction of sp³-hybridized carbons (Fsp3) is 0.533. The molecule has 0 radical (unpaired) electrons. The van der Waals surface area contributed by atoms with E-state index in [2.05, 4.69) is 9.46 Å². The topological polar surface area (TPSA) is 98.5 Å². The van der Waals surface area contributed by atoms with Crippen molar-refractivity contribution in [3.8, 4) is 0 Å². The fourth-order valence-corrected chi connectivity index (χ4v) is 4.58. The number of esters is 1. The van der Waals surface area contributed by atoms with E-state index in [0.29, 0.717) is 12.1 Å². The van der Waals surface area contributed by atoms with Crippen molar-refractivity contribution in [2.24, 2.45) is 11.7 Å². The molecule has 0 spiro atoms. The van der Waals surface area contributed by atoms with E-state index in [1.54, 1.807) is 19.1 Å². The van der Waals surface area contributed by atoms with Crippen molar-refractivity contribution in [1.29, 1.82) is 0 Å². The van der Waals surface area contributed by atoms with E-state index in [-0.39, 0.29) is 34.8 Å². The first kappa shape index (κ1) is 19.9. The van der Waals surface area contributed by atoms with Crippen LogP contribution in [0.3, 0.4) is 0 Å². The Balaban J connectivity index is 0.00000264. The molecule has 6 nitrogen and oxygen atoms in total. The van der Waals surface area contributed by atoms with Crippen molar-refractivity contribution in [2.75, 3.05) is 13.7 Å². The molecule has 0 aliphatic heterocycles. The quantitative estimate of drug-likeness (QED) is 0.775. The summed E-state index contributed by atoms with van der Waals surface area (Å²) >= 11 is 0. The number of carbonyl (C=O) groups excluding carboxylic acids is 1. The van der Waals surface area contributed by atoms with Gasteiger partial charge in [0.2, 0.25) is 10.0 Å². The maximum atomic E-state index is 12.6. The maximum Gasteiger partial charge on any atom is 0.338 e. The summed E-state index contributed by atoms with van der Waals surface area (Å²) in [5, 5.41) is 0. The van der Waals surface area contributed by atoms with E-state index in [1.807, 2.05) is 0 Å². The van der Waals surface area contributed by atoms with Gasteiger partial charge in [-0.2, -0.15) is 0 Å². The van der Waals surface area contributed by atoms with Gasteiger partial charge in [-0.15, -0.1) is 12.4 Å². The molecule has 1 aliphatic rings. The minimum absolute atomic E-state index is 0. The summed E-state index contributed by atoms with van der Waals surface area (Å²) in [4.78, 5) is 11.8. The molecule has 0 aromatic heterocycles. The van der Waals surface area contributed by atoms with Gasteiger partial charge in [0.05, 0.1) is 17.6 Å². The zero-order chi connectivity index (χ0) is 16.3. The van der Waals surface area contributed by atoms with Crippen molar-refractivity contribution >= 4 is 28.4 Å². The minimum Gasteiger partial charge on any atom is -0.465 e. The number of ether oxygens (including phenoxy) is 1. The summed E-state index contributed by atoms with van der Waals surface area (Å²) in [6.45, 7) is 2.07. The predicted molar refractivity (Wildman–Crippen MR) is 90.3 cm³/mol. The van der Waals surface area contributed by atoms with Crippen LogP contribution in [0.1, 0.15) is 35.2 Å². The molecule has 2 unspecified atom stereocenters. The average Bonchev–Trinajstić information content (AvgIpc) is 2.92. The lowest BCUT2D eigenvalue weighted by atomic mass is 10.1. The molecule has 2 atom stereocenters. The number of hydrogen-bond acceptors (Lipinski definition) is 5. The van der Waals surface area contributed by atoms with Crippen LogP contribution in [0.2, 0.25) is 0 Å². The Morgan fingerprint density at radius 1 is 1.39 bits per heavy atom.